The Morgan fingerprint density at radius 2 is 2.27 bits per heavy atom. The van der Waals surface area contributed by atoms with Crippen LogP contribution in [0.5, 0.6) is 5.75 Å². The molecule has 0 unspecified atom stereocenters. The summed E-state index contributed by atoms with van der Waals surface area (Å²) in [7, 11) is 1.91. The van der Waals surface area contributed by atoms with E-state index >= 15 is 0 Å². The molecule has 1 rings (SSSR count). The van der Waals surface area contributed by atoms with Crippen LogP contribution >= 0.6 is 0 Å². The smallest absolute Gasteiger partial charge is 0.122 e. The molecule has 0 aliphatic rings. The molecule has 0 saturated heterocycles. The molecular weight excluding hydrogens is 188 g/mol. The fourth-order valence-electron chi connectivity index (χ4n) is 1.24. The van der Waals surface area contributed by atoms with Crippen LogP contribution in [0, 0.1) is 5.92 Å². The van der Waals surface area contributed by atoms with E-state index in [0.717, 1.165) is 31.0 Å². The lowest BCUT2D eigenvalue weighted by molar-refractivity contribution is 0.289. The van der Waals surface area contributed by atoms with Gasteiger partial charge in [0.15, 0.2) is 0 Å². The van der Waals surface area contributed by atoms with Crippen molar-refractivity contribution in [2.24, 2.45) is 5.92 Å². The minimum absolute atomic E-state index is 0.684. The van der Waals surface area contributed by atoms with Crippen molar-refractivity contribution in [1.82, 2.24) is 10.3 Å². The minimum atomic E-state index is 0.684. The van der Waals surface area contributed by atoms with Gasteiger partial charge in [-0.15, -0.1) is 0 Å². The monoisotopic (exact) mass is 208 g/mol. The molecule has 0 radical (unpaired) electrons. The molecule has 0 bridgehead atoms. The first-order valence-corrected chi connectivity index (χ1v) is 5.44. The zero-order valence-corrected chi connectivity index (χ0v) is 9.79. The number of pyridine rings is 1. The van der Waals surface area contributed by atoms with Crippen molar-refractivity contribution in [2.45, 2.75) is 26.8 Å². The molecule has 0 aliphatic heterocycles. The maximum absolute atomic E-state index is 5.64. The second kappa shape index (κ2) is 6.40. The SMILES string of the molecule is CNCc1cc(OCCC(C)C)ccn1. The summed E-state index contributed by atoms with van der Waals surface area (Å²) < 4.78 is 5.64. The Morgan fingerprint density at radius 3 is 2.93 bits per heavy atom. The molecular formula is C12H20N2O. The molecule has 1 aromatic heterocycles. The molecule has 0 amide bonds. The third-order valence-corrected chi connectivity index (χ3v) is 2.11. The number of ether oxygens (including phenoxy) is 1. The summed E-state index contributed by atoms with van der Waals surface area (Å²) in [5, 5.41) is 3.07. The van der Waals surface area contributed by atoms with Crippen molar-refractivity contribution in [1.29, 1.82) is 0 Å². The fourth-order valence-corrected chi connectivity index (χ4v) is 1.24. The van der Waals surface area contributed by atoms with E-state index in [-0.39, 0.29) is 0 Å². The largest absolute Gasteiger partial charge is 0.493 e. The summed E-state index contributed by atoms with van der Waals surface area (Å²) in [5.74, 6) is 1.60. The minimum Gasteiger partial charge on any atom is -0.493 e. The highest BCUT2D eigenvalue weighted by molar-refractivity contribution is 5.22. The summed E-state index contributed by atoms with van der Waals surface area (Å²) >= 11 is 0. The highest BCUT2D eigenvalue weighted by atomic mass is 16.5. The van der Waals surface area contributed by atoms with Crippen LogP contribution in [0.4, 0.5) is 0 Å². The van der Waals surface area contributed by atoms with E-state index in [2.05, 4.69) is 24.1 Å². The van der Waals surface area contributed by atoms with Gasteiger partial charge in [0.05, 0.1) is 12.3 Å². The average Bonchev–Trinajstić information content (AvgIpc) is 2.18. The van der Waals surface area contributed by atoms with Gasteiger partial charge in [-0.05, 0) is 25.5 Å². The zero-order chi connectivity index (χ0) is 11.1. The van der Waals surface area contributed by atoms with Gasteiger partial charge in [0.2, 0.25) is 0 Å². The van der Waals surface area contributed by atoms with E-state index < -0.39 is 0 Å². The van der Waals surface area contributed by atoms with Gasteiger partial charge in [-0.1, -0.05) is 13.8 Å². The van der Waals surface area contributed by atoms with Crippen LogP contribution in [0.2, 0.25) is 0 Å². The van der Waals surface area contributed by atoms with E-state index in [1.54, 1.807) is 6.20 Å². The van der Waals surface area contributed by atoms with Crippen LogP contribution in [0.1, 0.15) is 26.0 Å². The molecule has 0 fully saturated rings. The molecule has 3 heteroatoms. The van der Waals surface area contributed by atoms with Crippen LogP contribution in [-0.4, -0.2) is 18.6 Å². The number of hydrogen-bond donors (Lipinski definition) is 1. The Morgan fingerprint density at radius 1 is 1.47 bits per heavy atom. The molecule has 1 N–H and O–H groups in total. The van der Waals surface area contributed by atoms with Crippen LogP contribution in [0.3, 0.4) is 0 Å². The normalized spacial score (nSPS) is 10.7. The molecule has 0 atom stereocenters. The lowest BCUT2D eigenvalue weighted by atomic mass is 10.1. The van der Waals surface area contributed by atoms with Crippen molar-refractivity contribution < 1.29 is 4.74 Å². The highest BCUT2D eigenvalue weighted by Gasteiger charge is 1.98. The summed E-state index contributed by atoms with van der Waals surface area (Å²) in [5.41, 5.74) is 1.01. The standard InChI is InChI=1S/C12H20N2O/c1-10(2)5-7-15-12-4-6-14-11(8-12)9-13-3/h4,6,8,10,13H,5,7,9H2,1-3H3. The second-order valence-electron chi connectivity index (χ2n) is 4.04. The van der Waals surface area contributed by atoms with Crippen LogP contribution in [0.25, 0.3) is 0 Å². The quantitative estimate of drug-likeness (QED) is 0.778. The van der Waals surface area contributed by atoms with Gasteiger partial charge in [0.1, 0.15) is 5.75 Å². The van der Waals surface area contributed by atoms with E-state index in [1.807, 2.05) is 19.2 Å². The fraction of sp³-hybridized carbons (Fsp3) is 0.583. The summed E-state index contributed by atoms with van der Waals surface area (Å²) in [6.45, 7) is 5.95. The number of hydrogen-bond acceptors (Lipinski definition) is 3. The molecule has 84 valence electrons. The predicted octanol–water partition coefficient (Wildman–Crippen LogP) is 2.23. The number of aromatic nitrogens is 1. The van der Waals surface area contributed by atoms with Gasteiger partial charge in [-0.25, -0.2) is 0 Å². The molecule has 1 aromatic rings. The van der Waals surface area contributed by atoms with Gasteiger partial charge in [-0.3, -0.25) is 4.98 Å². The molecule has 0 aromatic carbocycles. The molecule has 0 saturated carbocycles. The van der Waals surface area contributed by atoms with Gasteiger partial charge in [0, 0.05) is 18.8 Å². The number of nitrogens with one attached hydrogen (secondary N) is 1. The maximum atomic E-state index is 5.64. The molecule has 15 heavy (non-hydrogen) atoms. The van der Waals surface area contributed by atoms with Crippen LogP contribution < -0.4 is 10.1 Å². The first-order chi connectivity index (χ1) is 7.22. The zero-order valence-electron chi connectivity index (χ0n) is 9.79. The van der Waals surface area contributed by atoms with Gasteiger partial charge in [0.25, 0.3) is 0 Å². The van der Waals surface area contributed by atoms with Crippen molar-refractivity contribution in [3.05, 3.63) is 24.0 Å². The number of nitrogens with zero attached hydrogens (tertiary/aromatic N) is 1. The van der Waals surface area contributed by atoms with Gasteiger partial charge >= 0.3 is 0 Å². The van der Waals surface area contributed by atoms with E-state index in [1.165, 1.54) is 0 Å². The Bertz CT molecular complexity index is 287. The van der Waals surface area contributed by atoms with Crippen LogP contribution in [-0.2, 0) is 6.54 Å². The predicted molar refractivity (Wildman–Crippen MR) is 62.0 cm³/mol. The average molecular weight is 208 g/mol. The van der Waals surface area contributed by atoms with E-state index in [0.29, 0.717) is 5.92 Å². The Labute approximate surface area is 91.9 Å². The molecule has 1 heterocycles. The maximum Gasteiger partial charge on any atom is 0.122 e. The first-order valence-electron chi connectivity index (χ1n) is 5.44. The summed E-state index contributed by atoms with van der Waals surface area (Å²) in [4.78, 5) is 4.23. The Kier molecular flexibility index (Phi) is 5.12. The van der Waals surface area contributed by atoms with Gasteiger partial charge in [-0.2, -0.15) is 0 Å². The van der Waals surface area contributed by atoms with Crippen LogP contribution in [0.15, 0.2) is 18.3 Å². The van der Waals surface area contributed by atoms with Crippen molar-refractivity contribution >= 4 is 0 Å². The topological polar surface area (TPSA) is 34.1 Å². The lowest BCUT2D eigenvalue weighted by Gasteiger charge is -2.08. The van der Waals surface area contributed by atoms with Crippen molar-refractivity contribution in [3.8, 4) is 5.75 Å². The van der Waals surface area contributed by atoms with E-state index in [4.69, 9.17) is 4.74 Å². The van der Waals surface area contributed by atoms with Crippen molar-refractivity contribution in [2.75, 3.05) is 13.7 Å². The molecule has 0 spiro atoms. The summed E-state index contributed by atoms with van der Waals surface area (Å²) in [6.07, 6.45) is 2.88. The second-order valence-corrected chi connectivity index (χ2v) is 4.04. The van der Waals surface area contributed by atoms with E-state index in [9.17, 15) is 0 Å². The molecule has 0 aliphatic carbocycles. The third kappa shape index (κ3) is 4.79. The first kappa shape index (κ1) is 12.0. The Hall–Kier alpha value is -1.09. The highest BCUT2D eigenvalue weighted by Crippen LogP contribution is 2.12. The van der Waals surface area contributed by atoms with Crippen molar-refractivity contribution in [3.63, 3.8) is 0 Å². The third-order valence-electron chi connectivity index (χ3n) is 2.11. The number of rotatable bonds is 6. The summed E-state index contributed by atoms with van der Waals surface area (Å²) in [6, 6.07) is 3.89. The lowest BCUT2D eigenvalue weighted by Crippen LogP contribution is -2.07. The van der Waals surface area contributed by atoms with Gasteiger partial charge < -0.3 is 10.1 Å². The Balaban J connectivity index is 2.43. The molecule has 3 nitrogen and oxygen atoms in total.